The van der Waals surface area contributed by atoms with E-state index in [1.807, 2.05) is 13.8 Å². The van der Waals surface area contributed by atoms with Crippen molar-refractivity contribution in [2.45, 2.75) is 20.3 Å². The van der Waals surface area contributed by atoms with Gasteiger partial charge in [-0.3, -0.25) is 10.1 Å². The van der Waals surface area contributed by atoms with E-state index in [0.29, 0.717) is 24.6 Å². The van der Waals surface area contributed by atoms with E-state index in [9.17, 15) is 10.1 Å². The van der Waals surface area contributed by atoms with Crippen molar-refractivity contribution in [2.75, 3.05) is 18.5 Å². The lowest BCUT2D eigenvalue weighted by atomic mass is 10.2. The monoisotopic (exact) mass is 224 g/mol. The summed E-state index contributed by atoms with van der Waals surface area (Å²) in [5.41, 5.74) is 0.513. The molecule has 0 heterocycles. The SMILES string of the molecule is CCCOc1cccc(NCC)c1[N+](=O)[O-]. The number of ether oxygens (including phenoxy) is 1. The third-order valence-electron chi connectivity index (χ3n) is 2.01. The Labute approximate surface area is 94.6 Å². The first-order valence-corrected chi connectivity index (χ1v) is 5.34. The van der Waals surface area contributed by atoms with E-state index in [1.165, 1.54) is 0 Å². The molecule has 0 atom stereocenters. The second-order valence-corrected chi connectivity index (χ2v) is 3.29. The fraction of sp³-hybridized carbons (Fsp3) is 0.455. The molecule has 1 aromatic carbocycles. The number of hydrogen-bond donors (Lipinski definition) is 1. The third kappa shape index (κ3) is 2.85. The van der Waals surface area contributed by atoms with Crippen LogP contribution in [0.25, 0.3) is 0 Å². The van der Waals surface area contributed by atoms with E-state index in [-0.39, 0.29) is 5.69 Å². The van der Waals surface area contributed by atoms with Gasteiger partial charge in [0, 0.05) is 6.54 Å². The maximum Gasteiger partial charge on any atom is 0.333 e. The molecule has 0 radical (unpaired) electrons. The number of nitrogens with one attached hydrogen (secondary N) is 1. The standard InChI is InChI=1S/C11H16N2O3/c1-3-8-16-10-7-5-6-9(12-4-2)11(10)13(14)15/h5-7,12H,3-4,8H2,1-2H3. The predicted octanol–water partition coefficient (Wildman–Crippen LogP) is 2.82. The van der Waals surface area contributed by atoms with Crippen molar-refractivity contribution in [1.29, 1.82) is 0 Å². The summed E-state index contributed by atoms with van der Waals surface area (Å²) in [7, 11) is 0. The first-order chi connectivity index (χ1) is 7.70. The Kier molecular flexibility index (Phi) is 4.57. The molecular formula is C11H16N2O3. The normalized spacial score (nSPS) is 9.88. The van der Waals surface area contributed by atoms with Crippen LogP contribution in [0.3, 0.4) is 0 Å². The van der Waals surface area contributed by atoms with Crippen LogP contribution in [0.5, 0.6) is 5.75 Å². The van der Waals surface area contributed by atoms with Gasteiger partial charge in [-0.1, -0.05) is 13.0 Å². The summed E-state index contributed by atoms with van der Waals surface area (Å²) in [4.78, 5) is 10.6. The van der Waals surface area contributed by atoms with Crippen molar-refractivity contribution < 1.29 is 9.66 Å². The molecule has 0 fully saturated rings. The minimum atomic E-state index is -0.414. The summed E-state index contributed by atoms with van der Waals surface area (Å²) in [6, 6.07) is 5.05. The van der Waals surface area contributed by atoms with Gasteiger partial charge in [0.25, 0.3) is 0 Å². The molecule has 1 N–H and O–H groups in total. The van der Waals surface area contributed by atoms with Gasteiger partial charge in [0.05, 0.1) is 11.5 Å². The predicted molar refractivity (Wildman–Crippen MR) is 63.0 cm³/mol. The summed E-state index contributed by atoms with van der Waals surface area (Å²) in [6.45, 7) is 4.97. The van der Waals surface area contributed by atoms with Crippen molar-refractivity contribution in [2.24, 2.45) is 0 Å². The average Bonchev–Trinajstić information content (AvgIpc) is 2.26. The Balaban J connectivity index is 3.05. The number of rotatable bonds is 6. The van der Waals surface area contributed by atoms with Gasteiger partial charge in [0.1, 0.15) is 5.69 Å². The molecule has 0 spiro atoms. The van der Waals surface area contributed by atoms with Crippen LogP contribution in [0.1, 0.15) is 20.3 Å². The Bertz CT molecular complexity index is 366. The molecule has 88 valence electrons. The molecule has 0 amide bonds. The van der Waals surface area contributed by atoms with Crippen LogP contribution in [0.2, 0.25) is 0 Å². The highest BCUT2D eigenvalue weighted by Gasteiger charge is 2.20. The summed E-state index contributed by atoms with van der Waals surface area (Å²) >= 11 is 0. The Morgan fingerprint density at radius 3 is 2.75 bits per heavy atom. The molecule has 0 saturated heterocycles. The quantitative estimate of drug-likeness (QED) is 0.596. The van der Waals surface area contributed by atoms with Crippen LogP contribution in [-0.2, 0) is 0 Å². The van der Waals surface area contributed by atoms with Crippen LogP contribution < -0.4 is 10.1 Å². The van der Waals surface area contributed by atoms with Gasteiger partial charge in [-0.15, -0.1) is 0 Å². The second-order valence-electron chi connectivity index (χ2n) is 3.29. The highest BCUT2D eigenvalue weighted by Crippen LogP contribution is 2.34. The highest BCUT2D eigenvalue weighted by molar-refractivity contribution is 5.68. The van der Waals surface area contributed by atoms with Crippen LogP contribution in [0.15, 0.2) is 18.2 Å². The lowest BCUT2D eigenvalue weighted by Gasteiger charge is -2.09. The summed E-state index contributed by atoms with van der Waals surface area (Å²) in [6.07, 6.45) is 0.822. The van der Waals surface area contributed by atoms with E-state index in [2.05, 4.69) is 5.32 Å². The van der Waals surface area contributed by atoms with E-state index in [0.717, 1.165) is 6.42 Å². The number of benzene rings is 1. The molecule has 16 heavy (non-hydrogen) atoms. The number of nitro benzene ring substituents is 1. The number of anilines is 1. The van der Waals surface area contributed by atoms with E-state index in [4.69, 9.17) is 4.74 Å². The van der Waals surface area contributed by atoms with Gasteiger partial charge >= 0.3 is 5.69 Å². The lowest BCUT2D eigenvalue weighted by molar-refractivity contribution is -0.385. The summed E-state index contributed by atoms with van der Waals surface area (Å²) in [5, 5.41) is 13.9. The second kappa shape index (κ2) is 5.95. The van der Waals surface area contributed by atoms with E-state index in [1.54, 1.807) is 18.2 Å². The molecular weight excluding hydrogens is 208 g/mol. The molecule has 0 aromatic heterocycles. The summed E-state index contributed by atoms with van der Waals surface area (Å²) < 4.78 is 5.35. The average molecular weight is 224 g/mol. The van der Waals surface area contributed by atoms with Crippen molar-refractivity contribution >= 4 is 11.4 Å². The van der Waals surface area contributed by atoms with Crippen molar-refractivity contribution in [1.82, 2.24) is 0 Å². The van der Waals surface area contributed by atoms with Gasteiger partial charge in [0.15, 0.2) is 5.75 Å². The largest absolute Gasteiger partial charge is 0.487 e. The third-order valence-corrected chi connectivity index (χ3v) is 2.01. The van der Waals surface area contributed by atoms with Crippen LogP contribution in [0.4, 0.5) is 11.4 Å². The fourth-order valence-electron chi connectivity index (χ4n) is 1.37. The zero-order valence-electron chi connectivity index (χ0n) is 9.53. The van der Waals surface area contributed by atoms with Gasteiger partial charge < -0.3 is 10.1 Å². The number of nitrogens with zero attached hydrogens (tertiary/aromatic N) is 1. The van der Waals surface area contributed by atoms with Crippen LogP contribution in [-0.4, -0.2) is 18.1 Å². The molecule has 5 heteroatoms. The van der Waals surface area contributed by atoms with Gasteiger partial charge in [-0.25, -0.2) is 0 Å². The fourth-order valence-corrected chi connectivity index (χ4v) is 1.37. The molecule has 0 aliphatic heterocycles. The highest BCUT2D eigenvalue weighted by atomic mass is 16.6. The molecule has 0 aliphatic carbocycles. The Morgan fingerprint density at radius 2 is 2.19 bits per heavy atom. The van der Waals surface area contributed by atoms with Crippen molar-refractivity contribution in [3.05, 3.63) is 28.3 Å². The van der Waals surface area contributed by atoms with E-state index < -0.39 is 4.92 Å². The topological polar surface area (TPSA) is 64.4 Å². The zero-order valence-corrected chi connectivity index (χ0v) is 9.53. The number of para-hydroxylation sites is 1. The molecule has 5 nitrogen and oxygen atoms in total. The first-order valence-electron chi connectivity index (χ1n) is 5.34. The number of hydrogen-bond acceptors (Lipinski definition) is 4. The molecule has 1 aromatic rings. The van der Waals surface area contributed by atoms with Gasteiger partial charge in [-0.2, -0.15) is 0 Å². The molecule has 0 bridgehead atoms. The maximum atomic E-state index is 11.0. The van der Waals surface area contributed by atoms with E-state index >= 15 is 0 Å². The maximum absolute atomic E-state index is 11.0. The molecule has 1 rings (SSSR count). The Hall–Kier alpha value is -1.78. The van der Waals surface area contributed by atoms with Gasteiger partial charge in [-0.05, 0) is 25.5 Å². The molecule has 0 aliphatic rings. The van der Waals surface area contributed by atoms with Crippen molar-refractivity contribution in [3.63, 3.8) is 0 Å². The zero-order chi connectivity index (χ0) is 12.0. The van der Waals surface area contributed by atoms with Crippen LogP contribution in [0, 0.1) is 10.1 Å². The summed E-state index contributed by atoms with van der Waals surface area (Å²) in [5.74, 6) is 0.324. The van der Waals surface area contributed by atoms with Gasteiger partial charge in [0.2, 0.25) is 0 Å². The number of nitro groups is 1. The minimum Gasteiger partial charge on any atom is -0.487 e. The molecule has 0 saturated carbocycles. The van der Waals surface area contributed by atoms with Crippen LogP contribution >= 0.6 is 0 Å². The lowest BCUT2D eigenvalue weighted by Crippen LogP contribution is -2.04. The first kappa shape index (κ1) is 12.3. The van der Waals surface area contributed by atoms with Crippen molar-refractivity contribution in [3.8, 4) is 5.75 Å². The smallest absolute Gasteiger partial charge is 0.333 e. The molecule has 0 unspecified atom stereocenters. The Morgan fingerprint density at radius 1 is 1.44 bits per heavy atom. The minimum absolute atomic E-state index is 0.0119.